The Bertz CT molecular complexity index is 1460. The molecule has 3 heteroatoms. The summed E-state index contributed by atoms with van der Waals surface area (Å²) in [5.74, 6) is 2.86. The third-order valence-corrected chi connectivity index (χ3v) is 9.33. The van der Waals surface area contributed by atoms with Gasteiger partial charge in [-0.15, -0.1) is 0 Å². The van der Waals surface area contributed by atoms with Gasteiger partial charge in [0, 0.05) is 40.0 Å². The first-order valence-electron chi connectivity index (χ1n) is 14.5. The molecule has 0 bridgehead atoms. The minimum atomic E-state index is 0.304. The van der Waals surface area contributed by atoms with Gasteiger partial charge in [-0.2, -0.15) is 0 Å². The summed E-state index contributed by atoms with van der Waals surface area (Å²) in [5, 5.41) is 6.67. The van der Waals surface area contributed by atoms with Crippen LogP contribution in [-0.4, -0.2) is 11.2 Å². The number of hydrogen-bond donors (Lipinski definition) is 1. The Balaban J connectivity index is 1.16. The van der Waals surface area contributed by atoms with E-state index in [9.17, 15) is 0 Å². The van der Waals surface area contributed by atoms with Crippen molar-refractivity contribution in [2.75, 3.05) is 11.9 Å². The minimum Gasteiger partial charge on any atom is -0.494 e. The molecule has 7 rings (SSSR count). The van der Waals surface area contributed by atoms with Gasteiger partial charge in [-0.3, -0.25) is 0 Å². The molecule has 1 aromatic heterocycles. The first-order chi connectivity index (χ1) is 18.3. The quantitative estimate of drug-likeness (QED) is 0.273. The first kappa shape index (κ1) is 23.0. The monoisotopic (exact) mass is 490 g/mol. The van der Waals surface area contributed by atoms with Gasteiger partial charge >= 0.3 is 0 Å². The van der Waals surface area contributed by atoms with Crippen LogP contribution < -0.4 is 10.1 Å². The van der Waals surface area contributed by atoms with Gasteiger partial charge in [0.1, 0.15) is 5.75 Å². The minimum absolute atomic E-state index is 0.304. The summed E-state index contributed by atoms with van der Waals surface area (Å²) in [6.45, 7) is 4.06. The van der Waals surface area contributed by atoms with E-state index in [1.54, 1.807) is 0 Å². The van der Waals surface area contributed by atoms with Crippen molar-refractivity contribution in [3.8, 4) is 5.75 Å². The fraction of sp³-hybridized carbons (Fsp3) is 0.412. The van der Waals surface area contributed by atoms with Crippen molar-refractivity contribution in [2.45, 2.75) is 70.4 Å². The lowest BCUT2D eigenvalue weighted by Gasteiger charge is -2.37. The van der Waals surface area contributed by atoms with Gasteiger partial charge in [0.25, 0.3) is 0 Å². The average molecular weight is 491 g/mol. The maximum absolute atomic E-state index is 6.28. The van der Waals surface area contributed by atoms with Gasteiger partial charge in [-0.25, -0.2) is 0 Å². The number of aryl methyl sites for hydroxylation is 1. The van der Waals surface area contributed by atoms with E-state index in [-0.39, 0.29) is 0 Å². The lowest BCUT2D eigenvalue weighted by molar-refractivity contribution is 0.246. The molecular weight excluding hydrogens is 452 g/mol. The summed E-state index contributed by atoms with van der Waals surface area (Å²) in [4.78, 5) is 0. The maximum Gasteiger partial charge on any atom is 0.119 e. The Kier molecular flexibility index (Phi) is 5.95. The number of aromatic nitrogens is 1. The van der Waals surface area contributed by atoms with Gasteiger partial charge in [0.05, 0.1) is 12.6 Å². The highest BCUT2D eigenvalue weighted by Crippen LogP contribution is 2.51. The van der Waals surface area contributed by atoms with Crippen LogP contribution in [0.25, 0.3) is 21.8 Å². The first-order valence-corrected chi connectivity index (χ1v) is 14.5. The van der Waals surface area contributed by atoms with Crippen molar-refractivity contribution in [1.29, 1.82) is 0 Å². The zero-order valence-electron chi connectivity index (χ0n) is 22.0. The zero-order chi connectivity index (χ0) is 24.8. The van der Waals surface area contributed by atoms with Gasteiger partial charge in [0.2, 0.25) is 0 Å². The highest BCUT2D eigenvalue weighted by Gasteiger charge is 2.38. The average Bonchev–Trinajstić information content (AvgIpc) is 3.56. The molecule has 3 unspecified atom stereocenters. The summed E-state index contributed by atoms with van der Waals surface area (Å²) in [6.07, 6.45) is 14.1. The molecule has 0 spiro atoms. The van der Waals surface area contributed by atoms with E-state index in [2.05, 4.69) is 89.6 Å². The molecule has 1 fully saturated rings. The normalized spacial score (nSPS) is 23.2. The van der Waals surface area contributed by atoms with Crippen LogP contribution in [0.4, 0.5) is 5.69 Å². The number of fused-ring (bicyclic) bond motifs is 6. The molecule has 2 aliphatic carbocycles. The van der Waals surface area contributed by atoms with Crippen LogP contribution in [-0.2, 0) is 6.54 Å². The molecular formula is C34H38N2O. The molecule has 1 aliphatic heterocycles. The van der Waals surface area contributed by atoms with Crippen molar-refractivity contribution in [3.63, 3.8) is 0 Å². The summed E-state index contributed by atoms with van der Waals surface area (Å²) >= 11 is 0. The lowest BCUT2D eigenvalue weighted by Crippen LogP contribution is -2.29. The molecule has 1 N–H and O–H groups in total. The molecule has 3 aromatic carbocycles. The number of para-hydroxylation sites is 1. The standard InChI is InChI=1S/C34H38N2O/c1-2-36-32-14-7-6-11-27(32)30-21-24(15-18-33(30)36)34-28-13-8-12-26(28)29-22-25(16-17-31(29)35-34)37-20-19-23-9-4-3-5-10-23/h6-8,11-12,14-18,21-23,26,28,34-35H,2-5,9-10,13,19-20H2,1H3. The summed E-state index contributed by atoms with van der Waals surface area (Å²) in [7, 11) is 0. The van der Waals surface area contributed by atoms with Crippen molar-refractivity contribution in [2.24, 2.45) is 11.8 Å². The molecule has 4 aromatic rings. The third kappa shape index (κ3) is 4.04. The molecule has 190 valence electrons. The van der Waals surface area contributed by atoms with Crippen molar-refractivity contribution >= 4 is 27.5 Å². The van der Waals surface area contributed by atoms with E-state index in [1.165, 1.54) is 77.1 Å². The molecule has 0 radical (unpaired) electrons. The Hall–Kier alpha value is -3.20. The van der Waals surface area contributed by atoms with E-state index in [0.29, 0.717) is 17.9 Å². The van der Waals surface area contributed by atoms with E-state index in [4.69, 9.17) is 4.74 Å². The highest BCUT2D eigenvalue weighted by atomic mass is 16.5. The summed E-state index contributed by atoms with van der Waals surface area (Å²) < 4.78 is 8.72. The number of ether oxygens (including phenoxy) is 1. The second-order valence-corrected chi connectivity index (χ2v) is 11.4. The third-order valence-electron chi connectivity index (χ3n) is 9.33. The van der Waals surface area contributed by atoms with Crippen LogP contribution in [0, 0.1) is 11.8 Å². The number of benzene rings is 3. The van der Waals surface area contributed by atoms with Crippen LogP contribution >= 0.6 is 0 Å². The van der Waals surface area contributed by atoms with Gasteiger partial charge in [-0.05, 0) is 79.1 Å². The molecule has 3 nitrogen and oxygen atoms in total. The molecule has 37 heavy (non-hydrogen) atoms. The van der Waals surface area contributed by atoms with Gasteiger partial charge in [0.15, 0.2) is 0 Å². The molecule has 3 aliphatic rings. The summed E-state index contributed by atoms with van der Waals surface area (Å²) in [5.41, 5.74) is 6.71. The maximum atomic E-state index is 6.28. The molecule has 2 heterocycles. The number of allylic oxidation sites excluding steroid dienone is 2. The molecule has 0 saturated heterocycles. The van der Waals surface area contributed by atoms with Crippen LogP contribution in [0.1, 0.15) is 75.0 Å². The Morgan fingerprint density at radius 3 is 2.68 bits per heavy atom. The van der Waals surface area contributed by atoms with E-state index in [1.807, 2.05) is 0 Å². The lowest BCUT2D eigenvalue weighted by atomic mass is 9.77. The van der Waals surface area contributed by atoms with E-state index < -0.39 is 0 Å². The number of rotatable bonds is 6. The molecule has 0 amide bonds. The fourth-order valence-electron chi connectivity index (χ4n) is 7.42. The topological polar surface area (TPSA) is 26.2 Å². The Labute approximate surface area is 220 Å². The zero-order valence-corrected chi connectivity index (χ0v) is 22.0. The molecule has 3 atom stereocenters. The van der Waals surface area contributed by atoms with Crippen molar-refractivity contribution in [3.05, 3.63) is 83.9 Å². The van der Waals surface area contributed by atoms with E-state index >= 15 is 0 Å². The Morgan fingerprint density at radius 2 is 1.78 bits per heavy atom. The predicted octanol–water partition coefficient (Wildman–Crippen LogP) is 8.99. The number of nitrogens with zero attached hydrogens (tertiary/aromatic N) is 1. The number of anilines is 1. The van der Waals surface area contributed by atoms with Crippen molar-refractivity contribution < 1.29 is 4.74 Å². The van der Waals surface area contributed by atoms with Crippen LogP contribution in [0.2, 0.25) is 0 Å². The SMILES string of the molecule is CCn1c2ccccc2c2cc(C3Nc4ccc(OCCC5CCCCC5)cc4C4C=CCC43)ccc21. The number of nitrogens with one attached hydrogen (secondary N) is 1. The second kappa shape index (κ2) is 9.59. The van der Waals surface area contributed by atoms with Crippen LogP contribution in [0.3, 0.4) is 0 Å². The summed E-state index contributed by atoms with van der Waals surface area (Å²) in [6, 6.07) is 23.0. The van der Waals surface area contributed by atoms with E-state index in [0.717, 1.165) is 31.2 Å². The molecule has 1 saturated carbocycles. The van der Waals surface area contributed by atoms with Gasteiger partial charge in [-0.1, -0.05) is 68.5 Å². The Morgan fingerprint density at radius 1 is 0.919 bits per heavy atom. The van der Waals surface area contributed by atoms with Crippen LogP contribution in [0.5, 0.6) is 5.75 Å². The highest BCUT2D eigenvalue weighted by molar-refractivity contribution is 6.08. The smallest absolute Gasteiger partial charge is 0.119 e. The largest absolute Gasteiger partial charge is 0.494 e. The van der Waals surface area contributed by atoms with Crippen molar-refractivity contribution in [1.82, 2.24) is 4.57 Å². The number of hydrogen-bond acceptors (Lipinski definition) is 2. The predicted molar refractivity (Wildman–Crippen MR) is 155 cm³/mol. The second-order valence-electron chi connectivity index (χ2n) is 11.4. The van der Waals surface area contributed by atoms with Crippen LogP contribution in [0.15, 0.2) is 72.8 Å². The fourth-order valence-corrected chi connectivity index (χ4v) is 7.42. The van der Waals surface area contributed by atoms with Gasteiger partial charge < -0.3 is 14.6 Å².